The van der Waals surface area contributed by atoms with Crippen LogP contribution in [0.5, 0.6) is 0 Å². The second kappa shape index (κ2) is 6.93. The van der Waals surface area contributed by atoms with Crippen LogP contribution < -0.4 is 0 Å². The SMILES string of the molecule is CCCCN1[C@@H]2CC[C@H]1CC(OC(C)c1ccccc1)C2. The molecule has 0 aromatic heterocycles. The molecule has 1 aromatic rings. The molecule has 2 unspecified atom stereocenters. The van der Waals surface area contributed by atoms with Crippen LogP contribution in [0.15, 0.2) is 30.3 Å². The lowest BCUT2D eigenvalue weighted by molar-refractivity contribution is -0.0559. The van der Waals surface area contributed by atoms with Crippen LogP contribution in [0, 0.1) is 0 Å². The molecule has 2 aliphatic heterocycles. The summed E-state index contributed by atoms with van der Waals surface area (Å²) in [6, 6.07) is 12.2. The van der Waals surface area contributed by atoms with Crippen molar-refractivity contribution in [1.82, 2.24) is 4.90 Å². The molecule has 21 heavy (non-hydrogen) atoms. The Balaban J connectivity index is 1.55. The molecule has 2 heteroatoms. The van der Waals surface area contributed by atoms with Crippen LogP contribution in [-0.4, -0.2) is 29.6 Å². The molecule has 0 spiro atoms. The van der Waals surface area contributed by atoms with Crippen molar-refractivity contribution >= 4 is 0 Å². The van der Waals surface area contributed by atoms with Gasteiger partial charge in [0.05, 0.1) is 12.2 Å². The van der Waals surface area contributed by atoms with E-state index in [9.17, 15) is 0 Å². The van der Waals surface area contributed by atoms with E-state index in [0.717, 1.165) is 12.1 Å². The minimum atomic E-state index is 0.220. The number of fused-ring (bicyclic) bond motifs is 2. The largest absolute Gasteiger partial charge is 0.370 e. The highest BCUT2D eigenvalue weighted by Crippen LogP contribution is 2.38. The standard InChI is InChI=1S/C19H29NO/c1-3-4-12-20-17-10-11-18(20)14-19(13-17)21-15(2)16-8-6-5-7-9-16/h5-9,15,17-19H,3-4,10-14H2,1-2H3/t15?,17-,18+,19?. The van der Waals surface area contributed by atoms with E-state index in [2.05, 4.69) is 49.1 Å². The first kappa shape index (κ1) is 15.1. The summed E-state index contributed by atoms with van der Waals surface area (Å²) < 4.78 is 6.38. The van der Waals surface area contributed by atoms with E-state index in [4.69, 9.17) is 4.74 Å². The van der Waals surface area contributed by atoms with Crippen LogP contribution in [0.3, 0.4) is 0 Å². The smallest absolute Gasteiger partial charge is 0.0800 e. The molecule has 0 radical (unpaired) electrons. The van der Waals surface area contributed by atoms with Crippen molar-refractivity contribution in [3.05, 3.63) is 35.9 Å². The van der Waals surface area contributed by atoms with E-state index in [1.807, 2.05) is 0 Å². The van der Waals surface area contributed by atoms with Crippen LogP contribution in [0.1, 0.15) is 64.0 Å². The van der Waals surface area contributed by atoms with Gasteiger partial charge < -0.3 is 4.74 Å². The summed E-state index contributed by atoms with van der Waals surface area (Å²) in [6.07, 6.45) is 8.56. The maximum atomic E-state index is 6.38. The third-order valence-electron chi connectivity index (χ3n) is 5.28. The zero-order valence-electron chi connectivity index (χ0n) is 13.5. The van der Waals surface area contributed by atoms with Gasteiger partial charge in [-0.05, 0) is 51.1 Å². The van der Waals surface area contributed by atoms with Gasteiger partial charge >= 0.3 is 0 Å². The van der Waals surface area contributed by atoms with Crippen molar-refractivity contribution in [2.45, 2.75) is 76.7 Å². The molecular formula is C19H29NO. The van der Waals surface area contributed by atoms with E-state index in [1.54, 1.807) is 0 Å². The minimum Gasteiger partial charge on any atom is -0.370 e. The maximum absolute atomic E-state index is 6.38. The lowest BCUT2D eigenvalue weighted by Crippen LogP contribution is -2.45. The molecule has 2 heterocycles. The Morgan fingerprint density at radius 1 is 1.14 bits per heavy atom. The van der Waals surface area contributed by atoms with Crippen molar-refractivity contribution in [1.29, 1.82) is 0 Å². The monoisotopic (exact) mass is 287 g/mol. The van der Waals surface area contributed by atoms with Crippen molar-refractivity contribution in [2.24, 2.45) is 0 Å². The molecule has 1 aromatic carbocycles. The number of nitrogens with zero attached hydrogens (tertiary/aromatic N) is 1. The lowest BCUT2D eigenvalue weighted by atomic mass is 9.98. The number of unbranched alkanes of at least 4 members (excludes halogenated alkanes) is 1. The maximum Gasteiger partial charge on any atom is 0.0800 e. The van der Waals surface area contributed by atoms with Gasteiger partial charge in [-0.2, -0.15) is 0 Å². The molecule has 2 aliphatic rings. The Labute approximate surface area is 129 Å². The third-order valence-corrected chi connectivity index (χ3v) is 5.28. The zero-order chi connectivity index (χ0) is 14.7. The second-order valence-corrected chi connectivity index (χ2v) is 6.76. The topological polar surface area (TPSA) is 12.5 Å². The fraction of sp³-hybridized carbons (Fsp3) is 0.684. The number of benzene rings is 1. The molecule has 0 N–H and O–H groups in total. The Bertz CT molecular complexity index is 418. The Kier molecular flexibility index (Phi) is 4.97. The first-order valence-corrected chi connectivity index (χ1v) is 8.74. The van der Waals surface area contributed by atoms with Gasteiger partial charge in [-0.15, -0.1) is 0 Å². The predicted molar refractivity (Wildman–Crippen MR) is 87.4 cm³/mol. The fourth-order valence-corrected chi connectivity index (χ4v) is 4.13. The minimum absolute atomic E-state index is 0.220. The molecular weight excluding hydrogens is 258 g/mol. The highest BCUT2D eigenvalue weighted by atomic mass is 16.5. The average molecular weight is 287 g/mol. The summed E-state index contributed by atoms with van der Waals surface area (Å²) in [7, 11) is 0. The van der Waals surface area contributed by atoms with Gasteiger partial charge in [-0.1, -0.05) is 43.7 Å². The van der Waals surface area contributed by atoms with Crippen molar-refractivity contribution < 1.29 is 4.74 Å². The molecule has 2 fully saturated rings. The van der Waals surface area contributed by atoms with E-state index >= 15 is 0 Å². The summed E-state index contributed by atoms with van der Waals surface area (Å²) in [5, 5.41) is 0. The second-order valence-electron chi connectivity index (χ2n) is 6.76. The van der Waals surface area contributed by atoms with Crippen molar-refractivity contribution in [3.8, 4) is 0 Å². The van der Waals surface area contributed by atoms with Crippen molar-refractivity contribution in [3.63, 3.8) is 0 Å². The van der Waals surface area contributed by atoms with Crippen LogP contribution in [0.4, 0.5) is 0 Å². The van der Waals surface area contributed by atoms with Crippen LogP contribution in [0.25, 0.3) is 0 Å². The normalized spacial score (nSPS) is 30.5. The third kappa shape index (κ3) is 3.49. The molecule has 2 bridgehead atoms. The van der Waals surface area contributed by atoms with E-state index in [-0.39, 0.29) is 6.10 Å². The zero-order valence-corrected chi connectivity index (χ0v) is 13.5. The fourth-order valence-electron chi connectivity index (χ4n) is 4.13. The van der Waals surface area contributed by atoms with E-state index in [0.29, 0.717) is 6.10 Å². The summed E-state index contributed by atoms with van der Waals surface area (Å²) in [5.74, 6) is 0. The highest BCUT2D eigenvalue weighted by Gasteiger charge is 2.40. The Morgan fingerprint density at radius 2 is 1.81 bits per heavy atom. The Morgan fingerprint density at radius 3 is 2.43 bits per heavy atom. The van der Waals surface area contributed by atoms with Crippen LogP contribution in [-0.2, 0) is 4.74 Å². The predicted octanol–water partition coefficient (Wildman–Crippen LogP) is 4.56. The molecule has 3 rings (SSSR count). The number of ether oxygens (including phenoxy) is 1. The molecule has 2 saturated heterocycles. The van der Waals surface area contributed by atoms with Crippen molar-refractivity contribution in [2.75, 3.05) is 6.54 Å². The van der Waals surface area contributed by atoms with E-state index in [1.165, 1.54) is 50.6 Å². The van der Waals surface area contributed by atoms with Crippen LogP contribution in [0.2, 0.25) is 0 Å². The van der Waals surface area contributed by atoms with Gasteiger partial charge in [0.2, 0.25) is 0 Å². The quantitative estimate of drug-likeness (QED) is 0.760. The molecule has 0 saturated carbocycles. The van der Waals surface area contributed by atoms with Gasteiger partial charge in [0, 0.05) is 12.1 Å². The first-order valence-electron chi connectivity index (χ1n) is 8.74. The number of hydrogen-bond donors (Lipinski definition) is 0. The van der Waals surface area contributed by atoms with Gasteiger partial charge in [0.25, 0.3) is 0 Å². The first-order chi connectivity index (χ1) is 10.3. The molecule has 2 nitrogen and oxygen atoms in total. The lowest BCUT2D eigenvalue weighted by Gasteiger charge is -2.39. The van der Waals surface area contributed by atoms with Crippen LogP contribution >= 0.6 is 0 Å². The van der Waals surface area contributed by atoms with Gasteiger partial charge in [0.1, 0.15) is 0 Å². The summed E-state index contributed by atoms with van der Waals surface area (Å²) in [6.45, 7) is 5.78. The molecule has 116 valence electrons. The highest BCUT2D eigenvalue weighted by molar-refractivity contribution is 5.17. The Hall–Kier alpha value is -0.860. The molecule has 4 atom stereocenters. The summed E-state index contributed by atoms with van der Waals surface area (Å²) >= 11 is 0. The van der Waals surface area contributed by atoms with Gasteiger partial charge in [-0.3, -0.25) is 4.90 Å². The summed E-state index contributed by atoms with van der Waals surface area (Å²) in [4.78, 5) is 2.77. The van der Waals surface area contributed by atoms with E-state index < -0.39 is 0 Å². The van der Waals surface area contributed by atoms with Gasteiger partial charge in [0.15, 0.2) is 0 Å². The summed E-state index contributed by atoms with van der Waals surface area (Å²) in [5.41, 5.74) is 1.30. The number of hydrogen-bond acceptors (Lipinski definition) is 2. The molecule has 0 amide bonds. The number of piperidine rings is 1. The average Bonchev–Trinajstić information content (AvgIpc) is 2.75. The molecule has 0 aliphatic carbocycles. The number of rotatable bonds is 6. The van der Waals surface area contributed by atoms with Gasteiger partial charge in [-0.25, -0.2) is 0 Å².